The van der Waals surface area contributed by atoms with Gasteiger partial charge in [0, 0.05) is 5.56 Å². The molecular weight excluding hydrogens is 202 g/mol. The van der Waals surface area contributed by atoms with Gasteiger partial charge in [0.25, 0.3) is 0 Å². The topological polar surface area (TPSA) is 50.9 Å². The Bertz CT molecular complexity index is 552. The first-order chi connectivity index (χ1) is 7.57. The minimum Gasteiger partial charge on any atom is -0.384 e. The normalized spacial score (nSPS) is 13.7. The Morgan fingerprint density at radius 2 is 2.06 bits per heavy atom. The average Bonchev–Trinajstić information content (AvgIpc) is 2.73. The summed E-state index contributed by atoms with van der Waals surface area (Å²) in [4.78, 5) is 0. The van der Waals surface area contributed by atoms with E-state index in [1.165, 1.54) is 5.56 Å². The first kappa shape index (κ1) is 9.54. The number of aromatic nitrogens is 3. The van der Waals surface area contributed by atoms with E-state index in [2.05, 4.69) is 16.4 Å². The van der Waals surface area contributed by atoms with E-state index in [0.717, 1.165) is 17.8 Å². The quantitative estimate of drug-likeness (QED) is 0.669. The highest BCUT2D eigenvalue weighted by Gasteiger charge is 2.31. The molecule has 1 aliphatic heterocycles. The van der Waals surface area contributed by atoms with Crippen LogP contribution in [0.15, 0.2) is 24.3 Å². The van der Waals surface area contributed by atoms with Crippen LogP contribution in [0.4, 0.5) is 0 Å². The molecule has 4 nitrogen and oxygen atoms in total. The number of aliphatic hydroxyl groups is 1. The van der Waals surface area contributed by atoms with Crippen LogP contribution in [0.3, 0.4) is 0 Å². The lowest BCUT2D eigenvalue weighted by molar-refractivity contribution is 0.0743. The molecule has 4 heteroatoms. The fourth-order valence-corrected chi connectivity index (χ4v) is 2.15. The minimum atomic E-state index is -0.953. The lowest BCUT2D eigenvalue weighted by atomic mass is 9.99. The molecule has 0 fully saturated rings. The Balaban J connectivity index is 2.26. The third kappa shape index (κ3) is 1.20. The maximum Gasteiger partial charge on any atom is 0.122 e. The van der Waals surface area contributed by atoms with Gasteiger partial charge in [0.05, 0.1) is 12.2 Å². The highest BCUT2D eigenvalue weighted by molar-refractivity contribution is 5.70. The summed E-state index contributed by atoms with van der Waals surface area (Å²) in [7, 11) is 0. The summed E-state index contributed by atoms with van der Waals surface area (Å²) in [6, 6.07) is 8.14. The second-order valence-corrected chi connectivity index (χ2v) is 4.66. The van der Waals surface area contributed by atoms with Crippen molar-refractivity contribution in [3.05, 3.63) is 35.5 Å². The lowest BCUT2D eigenvalue weighted by Crippen LogP contribution is -2.17. The van der Waals surface area contributed by atoms with E-state index in [4.69, 9.17) is 0 Å². The van der Waals surface area contributed by atoms with Gasteiger partial charge in [-0.15, -0.1) is 5.10 Å². The van der Waals surface area contributed by atoms with E-state index in [0.29, 0.717) is 5.69 Å². The number of benzene rings is 1. The van der Waals surface area contributed by atoms with Crippen molar-refractivity contribution in [1.82, 2.24) is 15.0 Å². The van der Waals surface area contributed by atoms with Gasteiger partial charge in [-0.25, -0.2) is 4.68 Å². The standard InChI is InChI=1S/C12H13N3O/c1-12(2,16)11-10-9-6-4-3-5-8(9)7-15(10)14-13-11/h3-6,16H,7H2,1-2H3. The SMILES string of the molecule is CC(C)(O)c1nnn2c1-c1ccccc1C2. The predicted octanol–water partition coefficient (Wildman–Crippen LogP) is 1.53. The Kier molecular flexibility index (Phi) is 1.74. The molecule has 0 saturated carbocycles. The molecule has 2 aromatic rings. The zero-order valence-corrected chi connectivity index (χ0v) is 9.31. The molecule has 0 atom stereocenters. The van der Waals surface area contributed by atoms with Gasteiger partial charge in [0.15, 0.2) is 0 Å². The van der Waals surface area contributed by atoms with Gasteiger partial charge in [-0.1, -0.05) is 29.5 Å². The van der Waals surface area contributed by atoms with Gasteiger partial charge in [0.2, 0.25) is 0 Å². The molecule has 1 N–H and O–H groups in total. The summed E-state index contributed by atoms with van der Waals surface area (Å²) in [5.41, 5.74) is 3.01. The molecule has 1 aromatic carbocycles. The lowest BCUT2D eigenvalue weighted by Gasteiger charge is -2.15. The number of nitrogens with zero attached hydrogens (tertiary/aromatic N) is 3. The van der Waals surface area contributed by atoms with Crippen molar-refractivity contribution in [1.29, 1.82) is 0 Å². The highest BCUT2D eigenvalue weighted by atomic mass is 16.3. The molecule has 0 aliphatic carbocycles. The summed E-state index contributed by atoms with van der Waals surface area (Å²) in [5.74, 6) is 0. The highest BCUT2D eigenvalue weighted by Crippen LogP contribution is 2.36. The summed E-state index contributed by atoms with van der Waals surface area (Å²) in [6.45, 7) is 4.21. The van der Waals surface area contributed by atoms with Crippen molar-refractivity contribution in [3.63, 3.8) is 0 Å². The van der Waals surface area contributed by atoms with Crippen LogP contribution in [-0.2, 0) is 12.1 Å². The monoisotopic (exact) mass is 215 g/mol. The third-order valence-electron chi connectivity index (χ3n) is 2.91. The molecule has 82 valence electrons. The van der Waals surface area contributed by atoms with Gasteiger partial charge < -0.3 is 5.11 Å². The maximum atomic E-state index is 10.1. The molecular formula is C12H13N3O. The first-order valence-electron chi connectivity index (χ1n) is 5.32. The number of hydrogen-bond donors (Lipinski definition) is 1. The summed E-state index contributed by atoms with van der Waals surface area (Å²) < 4.78 is 1.85. The minimum absolute atomic E-state index is 0.650. The zero-order valence-electron chi connectivity index (χ0n) is 9.31. The van der Waals surface area contributed by atoms with Gasteiger partial charge in [-0.3, -0.25) is 0 Å². The van der Waals surface area contributed by atoms with Gasteiger partial charge >= 0.3 is 0 Å². The molecule has 1 aromatic heterocycles. The van der Waals surface area contributed by atoms with Crippen molar-refractivity contribution in [3.8, 4) is 11.3 Å². The van der Waals surface area contributed by atoms with Crippen LogP contribution in [0, 0.1) is 0 Å². The van der Waals surface area contributed by atoms with E-state index in [1.54, 1.807) is 13.8 Å². The average molecular weight is 215 g/mol. The third-order valence-corrected chi connectivity index (χ3v) is 2.91. The van der Waals surface area contributed by atoms with Crippen LogP contribution in [0.1, 0.15) is 25.1 Å². The molecule has 16 heavy (non-hydrogen) atoms. The Morgan fingerprint density at radius 1 is 1.31 bits per heavy atom. The van der Waals surface area contributed by atoms with Gasteiger partial charge in [-0.05, 0) is 19.4 Å². The van der Waals surface area contributed by atoms with E-state index >= 15 is 0 Å². The van der Waals surface area contributed by atoms with E-state index in [1.807, 2.05) is 22.9 Å². The smallest absolute Gasteiger partial charge is 0.122 e. The van der Waals surface area contributed by atoms with Crippen molar-refractivity contribution in [2.24, 2.45) is 0 Å². The molecule has 0 amide bonds. The zero-order chi connectivity index (χ0) is 11.3. The number of rotatable bonds is 1. The Hall–Kier alpha value is -1.68. The molecule has 0 saturated heterocycles. The second kappa shape index (κ2) is 2.92. The maximum absolute atomic E-state index is 10.1. The van der Waals surface area contributed by atoms with Crippen molar-refractivity contribution < 1.29 is 5.11 Å². The Labute approximate surface area is 93.5 Å². The van der Waals surface area contributed by atoms with E-state index < -0.39 is 5.60 Å². The predicted molar refractivity (Wildman–Crippen MR) is 59.8 cm³/mol. The summed E-state index contributed by atoms with van der Waals surface area (Å²) in [6.07, 6.45) is 0. The summed E-state index contributed by atoms with van der Waals surface area (Å²) >= 11 is 0. The second-order valence-electron chi connectivity index (χ2n) is 4.66. The molecule has 0 spiro atoms. The van der Waals surface area contributed by atoms with Crippen molar-refractivity contribution in [2.45, 2.75) is 26.0 Å². The summed E-state index contributed by atoms with van der Waals surface area (Å²) in [5, 5.41) is 18.2. The number of fused-ring (bicyclic) bond motifs is 3. The molecule has 0 bridgehead atoms. The van der Waals surface area contributed by atoms with Crippen molar-refractivity contribution >= 4 is 0 Å². The molecule has 3 rings (SSSR count). The largest absolute Gasteiger partial charge is 0.384 e. The van der Waals surface area contributed by atoms with Crippen molar-refractivity contribution in [2.75, 3.05) is 0 Å². The molecule has 2 heterocycles. The first-order valence-corrected chi connectivity index (χ1v) is 5.32. The van der Waals surface area contributed by atoms with Crippen LogP contribution < -0.4 is 0 Å². The van der Waals surface area contributed by atoms with Crippen LogP contribution in [0.5, 0.6) is 0 Å². The fourth-order valence-electron chi connectivity index (χ4n) is 2.15. The van der Waals surface area contributed by atoms with E-state index in [-0.39, 0.29) is 0 Å². The molecule has 1 aliphatic rings. The van der Waals surface area contributed by atoms with Crippen LogP contribution in [-0.4, -0.2) is 20.1 Å². The molecule has 0 unspecified atom stereocenters. The van der Waals surface area contributed by atoms with Crippen LogP contribution in [0.25, 0.3) is 11.3 Å². The Morgan fingerprint density at radius 3 is 2.81 bits per heavy atom. The van der Waals surface area contributed by atoms with Crippen LogP contribution in [0.2, 0.25) is 0 Å². The van der Waals surface area contributed by atoms with Gasteiger partial charge in [-0.2, -0.15) is 0 Å². The fraction of sp³-hybridized carbons (Fsp3) is 0.333. The van der Waals surface area contributed by atoms with Crippen LogP contribution >= 0.6 is 0 Å². The van der Waals surface area contributed by atoms with Gasteiger partial charge in [0.1, 0.15) is 11.3 Å². The van der Waals surface area contributed by atoms with E-state index in [9.17, 15) is 5.11 Å². The number of hydrogen-bond acceptors (Lipinski definition) is 3. The molecule has 0 radical (unpaired) electrons.